The first-order chi connectivity index (χ1) is 7.22. The van der Waals surface area contributed by atoms with Crippen molar-refractivity contribution in [1.29, 1.82) is 0 Å². The fourth-order valence-corrected chi connectivity index (χ4v) is 1.86. The minimum atomic E-state index is 0.799. The van der Waals surface area contributed by atoms with Gasteiger partial charge in [-0.15, -0.1) is 0 Å². The van der Waals surface area contributed by atoms with Gasteiger partial charge in [0.15, 0.2) is 0 Å². The fraction of sp³-hybridized carbons (Fsp3) is 1.00. The van der Waals surface area contributed by atoms with Crippen LogP contribution in [0.1, 0.15) is 19.8 Å². The van der Waals surface area contributed by atoms with Crippen molar-refractivity contribution in [2.45, 2.75) is 19.8 Å². The smallest absolute Gasteiger partial charge is 0.0593 e. The van der Waals surface area contributed by atoms with Crippen molar-refractivity contribution >= 4 is 0 Å². The lowest BCUT2D eigenvalue weighted by molar-refractivity contribution is 0.0617. The Balaban J connectivity index is 1.96. The molecule has 0 aromatic rings. The van der Waals surface area contributed by atoms with E-state index in [1.165, 1.54) is 25.9 Å². The maximum Gasteiger partial charge on any atom is 0.0593 e. The maximum absolute atomic E-state index is 5.72. The lowest BCUT2D eigenvalue weighted by atomic mass is 9.98. The van der Waals surface area contributed by atoms with Crippen molar-refractivity contribution in [2.75, 3.05) is 53.5 Å². The normalized spacial score (nSPS) is 20.0. The summed E-state index contributed by atoms with van der Waals surface area (Å²) in [6.07, 6.45) is 2.61. The quantitative estimate of drug-likeness (QED) is 0.620. The fourth-order valence-electron chi connectivity index (χ4n) is 1.86. The number of likely N-dealkylation sites (tertiary alicyclic amines) is 1. The van der Waals surface area contributed by atoms with Gasteiger partial charge in [0.1, 0.15) is 0 Å². The standard InChI is InChI=1S/C12H26N2O/c1-4-13(2)9-10-15-11-12-5-7-14(3)8-6-12/h12H,4-11H2,1-3H3. The molecule has 0 atom stereocenters. The Kier molecular flexibility index (Phi) is 6.22. The Morgan fingerprint density at radius 1 is 1.33 bits per heavy atom. The predicted molar refractivity (Wildman–Crippen MR) is 64.2 cm³/mol. The topological polar surface area (TPSA) is 15.7 Å². The largest absolute Gasteiger partial charge is 0.380 e. The third kappa shape index (κ3) is 5.50. The molecule has 1 heterocycles. The van der Waals surface area contributed by atoms with Gasteiger partial charge in [-0.05, 0) is 52.5 Å². The van der Waals surface area contributed by atoms with Crippen LogP contribution in [0.25, 0.3) is 0 Å². The predicted octanol–water partition coefficient (Wildman–Crippen LogP) is 1.30. The summed E-state index contributed by atoms with van der Waals surface area (Å²) in [5, 5.41) is 0. The molecule has 0 aromatic heterocycles. The average molecular weight is 214 g/mol. The number of likely N-dealkylation sites (N-methyl/N-ethyl adjacent to an activating group) is 1. The first-order valence-corrected chi connectivity index (χ1v) is 6.17. The zero-order valence-electron chi connectivity index (χ0n) is 10.5. The molecule has 0 unspecified atom stereocenters. The van der Waals surface area contributed by atoms with E-state index in [1.54, 1.807) is 0 Å². The molecule has 0 amide bonds. The van der Waals surface area contributed by atoms with Crippen molar-refractivity contribution < 1.29 is 4.74 Å². The average Bonchev–Trinajstić information content (AvgIpc) is 2.26. The summed E-state index contributed by atoms with van der Waals surface area (Å²) in [4.78, 5) is 4.69. The van der Waals surface area contributed by atoms with Crippen molar-refractivity contribution in [3.8, 4) is 0 Å². The molecule has 0 spiro atoms. The Labute approximate surface area is 94.4 Å². The number of piperidine rings is 1. The summed E-state index contributed by atoms with van der Waals surface area (Å²) in [6.45, 7) is 8.67. The highest BCUT2D eigenvalue weighted by Crippen LogP contribution is 2.15. The Morgan fingerprint density at radius 2 is 2.00 bits per heavy atom. The van der Waals surface area contributed by atoms with Crippen LogP contribution in [0.4, 0.5) is 0 Å². The molecular formula is C12H26N2O. The number of hydrogen-bond donors (Lipinski definition) is 0. The minimum absolute atomic E-state index is 0.799. The van der Waals surface area contributed by atoms with E-state index in [1.807, 2.05) is 0 Å². The summed E-state index contributed by atoms with van der Waals surface area (Å²) in [5.41, 5.74) is 0. The lowest BCUT2D eigenvalue weighted by Gasteiger charge is -2.28. The third-order valence-corrected chi connectivity index (χ3v) is 3.35. The second-order valence-electron chi connectivity index (χ2n) is 4.72. The highest BCUT2D eigenvalue weighted by atomic mass is 16.5. The van der Waals surface area contributed by atoms with Gasteiger partial charge in [-0.25, -0.2) is 0 Å². The summed E-state index contributed by atoms with van der Waals surface area (Å²) in [5.74, 6) is 0.799. The van der Waals surface area contributed by atoms with E-state index in [0.29, 0.717) is 0 Å². The van der Waals surface area contributed by atoms with E-state index >= 15 is 0 Å². The molecule has 1 saturated heterocycles. The van der Waals surface area contributed by atoms with Crippen LogP contribution in [0.3, 0.4) is 0 Å². The number of rotatable bonds is 6. The molecule has 3 heteroatoms. The van der Waals surface area contributed by atoms with E-state index in [4.69, 9.17) is 4.74 Å². The summed E-state index contributed by atoms with van der Waals surface area (Å²) >= 11 is 0. The van der Waals surface area contributed by atoms with E-state index in [9.17, 15) is 0 Å². The van der Waals surface area contributed by atoms with Crippen LogP contribution >= 0.6 is 0 Å². The first kappa shape index (κ1) is 12.9. The molecule has 0 radical (unpaired) electrons. The molecule has 0 aromatic carbocycles. The molecule has 1 aliphatic heterocycles. The van der Waals surface area contributed by atoms with Gasteiger partial charge in [0.25, 0.3) is 0 Å². The van der Waals surface area contributed by atoms with Crippen LogP contribution in [-0.4, -0.2) is 63.3 Å². The van der Waals surface area contributed by atoms with Gasteiger partial charge in [-0.2, -0.15) is 0 Å². The Hall–Kier alpha value is -0.120. The van der Waals surface area contributed by atoms with Gasteiger partial charge in [-0.3, -0.25) is 0 Å². The zero-order valence-corrected chi connectivity index (χ0v) is 10.5. The van der Waals surface area contributed by atoms with Crippen LogP contribution in [0.2, 0.25) is 0 Å². The molecule has 3 nitrogen and oxygen atoms in total. The van der Waals surface area contributed by atoms with Gasteiger partial charge >= 0.3 is 0 Å². The lowest BCUT2D eigenvalue weighted by Crippen LogP contribution is -2.32. The van der Waals surface area contributed by atoms with Gasteiger partial charge in [0.05, 0.1) is 6.61 Å². The van der Waals surface area contributed by atoms with Crippen LogP contribution in [0.5, 0.6) is 0 Å². The third-order valence-electron chi connectivity index (χ3n) is 3.35. The highest BCUT2D eigenvalue weighted by molar-refractivity contribution is 4.69. The number of ether oxygens (including phenoxy) is 1. The molecule has 1 rings (SSSR count). The van der Waals surface area contributed by atoms with Crippen LogP contribution in [-0.2, 0) is 4.74 Å². The Morgan fingerprint density at radius 3 is 2.60 bits per heavy atom. The second-order valence-corrected chi connectivity index (χ2v) is 4.72. The first-order valence-electron chi connectivity index (χ1n) is 6.17. The number of hydrogen-bond acceptors (Lipinski definition) is 3. The maximum atomic E-state index is 5.72. The molecule has 0 saturated carbocycles. The zero-order chi connectivity index (χ0) is 11.1. The van der Waals surface area contributed by atoms with E-state index in [-0.39, 0.29) is 0 Å². The van der Waals surface area contributed by atoms with Crippen LogP contribution in [0.15, 0.2) is 0 Å². The van der Waals surface area contributed by atoms with E-state index in [2.05, 4.69) is 30.8 Å². The van der Waals surface area contributed by atoms with Gasteiger partial charge < -0.3 is 14.5 Å². The van der Waals surface area contributed by atoms with Crippen LogP contribution < -0.4 is 0 Å². The second kappa shape index (κ2) is 7.20. The highest BCUT2D eigenvalue weighted by Gasteiger charge is 2.16. The van der Waals surface area contributed by atoms with Gasteiger partial charge in [0.2, 0.25) is 0 Å². The molecular weight excluding hydrogens is 188 g/mol. The Bertz CT molecular complexity index is 156. The monoisotopic (exact) mass is 214 g/mol. The van der Waals surface area contributed by atoms with Crippen molar-refractivity contribution in [2.24, 2.45) is 5.92 Å². The molecule has 0 bridgehead atoms. The molecule has 1 aliphatic rings. The van der Waals surface area contributed by atoms with Gasteiger partial charge in [0, 0.05) is 13.2 Å². The molecule has 1 fully saturated rings. The van der Waals surface area contributed by atoms with Gasteiger partial charge in [-0.1, -0.05) is 6.92 Å². The molecule has 90 valence electrons. The summed E-state index contributed by atoms with van der Waals surface area (Å²) < 4.78 is 5.72. The number of nitrogens with zero attached hydrogens (tertiary/aromatic N) is 2. The summed E-state index contributed by atoms with van der Waals surface area (Å²) in [6, 6.07) is 0. The van der Waals surface area contributed by atoms with Crippen molar-refractivity contribution in [3.05, 3.63) is 0 Å². The van der Waals surface area contributed by atoms with E-state index in [0.717, 1.165) is 32.2 Å². The summed E-state index contributed by atoms with van der Waals surface area (Å²) in [7, 11) is 4.34. The SMILES string of the molecule is CCN(C)CCOCC1CCN(C)CC1. The molecule has 0 aliphatic carbocycles. The van der Waals surface area contributed by atoms with Crippen LogP contribution in [0, 0.1) is 5.92 Å². The van der Waals surface area contributed by atoms with E-state index < -0.39 is 0 Å². The van der Waals surface area contributed by atoms with Crippen molar-refractivity contribution in [1.82, 2.24) is 9.80 Å². The molecule has 15 heavy (non-hydrogen) atoms. The van der Waals surface area contributed by atoms with Crippen molar-refractivity contribution in [3.63, 3.8) is 0 Å². The minimum Gasteiger partial charge on any atom is -0.380 e. The molecule has 0 N–H and O–H groups in total.